The van der Waals surface area contributed by atoms with Crippen molar-refractivity contribution in [1.82, 2.24) is 5.43 Å². The molecule has 2 rings (SSSR count). The van der Waals surface area contributed by atoms with Gasteiger partial charge < -0.3 is 0 Å². The SMILES string of the molecule is C/C(=N\NC(=O)C[n+]1ccccc1C)C1CC1. The summed E-state index contributed by atoms with van der Waals surface area (Å²) in [6, 6.07) is 5.85. The predicted octanol–water partition coefficient (Wildman–Crippen LogP) is 1.18. The maximum absolute atomic E-state index is 11.7. The Balaban J connectivity index is 1.89. The van der Waals surface area contributed by atoms with Crippen molar-refractivity contribution in [2.45, 2.75) is 33.2 Å². The van der Waals surface area contributed by atoms with Crippen LogP contribution in [0.25, 0.3) is 0 Å². The number of pyridine rings is 1. The third kappa shape index (κ3) is 3.37. The van der Waals surface area contributed by atoms with Gasteiger partial charge in [-0.3, -0.25) is 4.79 Å². The molecule has 0 aliphatic heterocycles. The van der Waals surface area contributed by atoms with Crippen LogP contribution in [-0.4, -0.2) is 11.6 Å². The molecule has 0 radical (unpaired) electrons. The highest BCUT2D eigenvalue weighted by Gasteiger charge is 2.24. The van der Waals surface area contributed by atoms with E-state index in [-0.39, 0.29) is 5.91 Å². The molecule has 4 heteroatoms. The van der Waals surface area contributed by atoms with E-state index in [0.29, 0.717) is 12.5 Å². The highest BCUT2D eigenvalue weighted by molar-refractivity contribution is 5.87. The first-order valence-corrected chi connectivity index (χ1v) is 5.95. The van der Waals surface area contributed by atoms with Crippen molar-refractivity contribution < 1.29 is 9.36 Å². The minimum atomic E-state index is -0.0794. The van der Waals surface area contributed by atoms with Crippen molar-refractivity contribution in [3.05, 3.63) is 30.1 Å². The molecule has 0 spiro atoms. The lowest BCUT2D eigenvalue weighted by atomic mass is 10.3. The van der Waals surface area contributed by atoms with Gasteiger partial charge in [0.1, 0.15) is 0 Å². The van der Waals surface area contributed by atoms with E-state index in [0.717, 1.165) is 11.4 Å². The summed E-state index contributed by atoms with van der Waals surface area (Å²) < 4.78 is 1.90. The molecule has 1 aromatic heterocycles. The Bertz CT molecular complexity index is 450. The fraction of sp³-hybridized carbons (Fsp3) is 0.462. The Kier molecular flexibility index (Phi) is 3.52. The molecule has 1 saturated carbocycles. The topological polar surface area (TPSA) is 45.3 Å². The number of hydrazone groups is 1. The minimum Gasteiger partial charge on any atom is -0.266 e. The molecule has 1 fully saturated rings. The van der Waals surface area contributed by atoms with Crippen LogP contribution in [0.2, 0.25) is 0 Å². The zero-order valence-electron chi connectivity index (χ0n) is 10.3. The van der Waals surface area contributed by atoms with Crippen LogP contribution in [0, 0.1) is 12.8 Å². The van der Waals surface area contributed by atoms with Gasteiger partial charge in [-0.2, -0.15) is 9.67 Å². The second-order valence-corrected chi connectivity index (χ2v) is 4.53. The zero-order chi connectivity index (χ0) is 12.3. The van der Waals surface area contributed by atoms with Crippen LogP contribution in [0.1, 0.15) is 25.5 Å². The van der Waals surface area contributed by atoms with Gasteiger partial charge >= 0.3 is 5.91 Å². The molecule has 90 valence electrons. The molecule has 0 bridgehead atoms. The summed E-state index contributed by atoms with van der Waals surface area (Å²) in [7, 11) is 0. The molecule has 1 heterocycles. The molecule has 1 N–H and O–H groups in total. The molecular formula is C13H18N3O+. The lowest BCUT2D eigenvalue weighted by Gasteiger charge is -2.00. The molecular weight excluding hydrogens is 214 g/mol. The summed E-state index contributed by atoms with van der Waals surface area (Å²) in [4.78, 5) is 11.7. The van der Waals surface area contributed by atoms with Crippen molar-refractivity contribution in [2.75, 3.05) is 0 Å². The number of rotatable bonds is 4. The van der Waals surface area contributed by atoms with E-state index in [9.17, 15) is 4.79 Å². The van der Waals surface area contributed by atoms with E-state index in [1.54, 1.807) is 0 Å². The van der Waals surface area contributed by atoms with E-state index in [1.807, 2.05) is 42.8 Å². The van der Waals surface area contributed by atoms with E-state index in [1.165, 1.54) is 12.8 Å². The van der Waals surface area contributed by atoms with Crippen LogP contribution >= 0.6 is 0 Å². The molecule has 0 atom stereocenters. The third-order valence-electron chi connectivity index (χ3n) is 3.01. The van der Waals surface area contributed by atoms with Gasteiger partial charge in [-0.15, -0.1) is 0 Å². The summed E-state index contributed by atoms with van der Waals surface area (Å²) >= 11 is 0. The molecule has 0 unspecified atom stereocenters. The number of aryl methyl sites for hydroxylation is 1. The van der Waals surface area contributed by atoms with Gasteiger partial charge in [0.2, 0.25) is 6.54 Å². The lowest BCUT2D eigenvalue weighted by molar-refractivity contribution is -0.690. The lowest BCUT2D eigenvalue weighted by Crippen LogP contribution is -2.43. The minimum absolute atomic E-state index is 0.0794. The zero-order valence-corrected chi connectivity index (χ0v) is 10.3. The number of nitrogens with one attached hydrogen (secondary N) is 1. The van der Waals surface area contributed by atoms with Gasteiger partial charge in [0.15, 0.2) is 11.9 Å². The van der Waals surface area contributed by atoms with Crippen molar-refractivity contribution >= 4 is 11.6 Å². The van der Waals surface area contributed by atoms with Crippen molar-refractivity contribution in [3.63, 3.8) is 0 Å². The van der Waals surface area contributed by atoms with Crippen LogP contribution < -0.4 is 9.99 Å². The Labute approximate surface area is 101 Å². The first-order valence-electron chi connectivity index (χ1n) is 5.95. The quantitative estimate of drug-likeness (QED) is 0.473. The second-order valence-electron chi connectivity index (χ2n) is 4.53. The maximum Gasteiger partial charge on any atom is 0.305 e. The van der Waals surface area contributed by atoms with Gasteiger partial charge in [0.05, 0.1) is 0 Å². The average molecular weight is 232 g/mol. The Morgan fingerprint density at radius 3 is 2.94 bits per heavy atom. The molecule has 0 aromatic carbocycles. The summed E-state index contributed by atoms with van der Waals surface area (Å²) in [5.41, 5.74) is 4.70. The Hall–Kier alpha value is -1.71. The number of carbonyl (C=O) groups is 1. The smallest absolute Gasteiger partial charge is 0.266 e. The van der Waals surface area contributed by atoms with Crippen molar-refractivity contribution in [2.24, 2.45) is 11.0 Å². The van der Waals surface area contributed by atoms with Crippen LogP contribution in [0.4, 0.5) is 0 Å². The molecule has 1 aliphatic rings. The first-order chi connectivity index (χ1) is 8.16. The molecule has 1 aromatic rings. The van der Waals surface area contributed by atoms with Gasteiger partial charge in [-0.25, -0.2) is 5.43 Å². The highest BCUT2D eigenvalue weighted by atomic mass is 16.2. The predicted molar refractivity (Wildman–Crippen MR) is 65.3 cm³/mol. The summed E-state index contributed by atoms with van der Waals surface area (Å²) in [6.45, 7) is 4.26. The van der Waals surface area contributed by atoms with Crippen LogP contribution in [0.5, 0.6) is 0 Å². The van der Waals surface area contributed by atoms with E-state index >= 15 is 0 Å². The number of aromatic nitrogens is 1. The van der Waals surface area contributed by atoms with Crippen LogP contribution in [0.15, 0.2) is 29.5 Å². The number of hydrogen-bond acceptors (Lipinski definition) is 2. The maximum atomic E-state index is 11.7. The average Bonchev–Trinajstić information content (AvgIpc) is 3.13. The number of nitrogens with zero attached hydrogens (tertiary/aromatic N) is 2. The molecule has 17 heavy (non-hydrogen) atoms. The van der Waals surface area contributed by atoms with Gasteiger partial charge in [-0.05, 0) is 25.7 Å². The van der Waals surface area contributed by atoms with E-state index in [4.69, 9.17) is 0 Å². The van der Waals surface area contributed by atoms with E-state index in [2.05, 4.69) is 10.5 Å². The second kappa shape index (κ2) is 5.08. The fourth-order valence-corrected chi connectivity index (χ4v) is 1.67. The molecule has 4 nitrogen and oxygen atoms in total. The Morgan fingerprint density at radius 1 is 1.53 bits per heavy atom. The Morgan fingerprint density at radius 2 is 2.29 bits per heavy atom. The number of amides is 1. The van der Waals surface area contributed by atoms with E-state index < -0.39 is 0 Å². The highest BCUT2D eigenvalue weighted by Crippen LogP contribution is 2.30. The standard InChI is InChI=1S/C13H17N3O/c1-10-5-3-4-8-16(10)9-13(17)15-14-11(2)12-6-7-12/h3-5,8,12H,6-7,9H2,1-2H3/p+1/b14-11+. The number of hydrogen-bond donors (Lipinski definition) is 1. The normalized spacial score (nSPS) is 15.8. The van der Waals surface area contributed by atoms with Crippen LogP contribution in [0.3, 0.4) is 0 Å². The third-order valence-corrected chi connectivity index (χ3v) is 3.01. The van der Waals surface area contributed by atoms with Gasteiger partial charge in [0.25, 0.3) is 0 Å². The largest absolute Gasteiger partial charge is 0.305 e. The monoisotopic (exact) mass is 232 g/mol. The van der Waals surface area contributed by atoms with Gasteiger partial charge in [-0.1, -0.05) is 6.07 Å². The summed E-state index contributed by atoms with van der Waals surface area (Å²) in [5.74, 6) is 0.519. The summed E-state index contributed by atoms with van der Waals surface area (Å²) in [5, 5.41) is 4.12. The number of carbonyl (C=O) groups excluding carboxylic acids is 1. The molecule has 1 aliphatic carbocycles. The van der Waals surface area contributed by atoms with Crippen molar-refractivity contribution in [1.29, 1.82) is 0 Å². The fourth-order valence-electron chi connectivity index (χ4n) is 1.67. The molecule has 1 amide bonds. The summed E-state index contributed by atoms with van der Waals surface area (Å²) in [6.07, 6.45) is 4.31. The van der Waals surface area contributed by atoms with Gasteiger partial charge in [0, 0.05) is 24.8 Å². The first kappa shape index (κ1) is 11.8. The van der Waals surface area contributed by atoms with Crippen LogP contribution in [-0.2, 0) is 11.3 Å². The van der Waals surface area contributed by atoms with Crippen molar-refractivity contribution in [3.8, 4) is 0 Å². The molecule has 0 saturated heterocycles.